The number of H-pyrrole nitrogens is 2. The van der Waals surface area contributed by atoms with Crippen molar-refractivity contribution in [2.24, 2.45) is 0 Å². The molecule has 2 N–H and O–H groups in total. The topological polar surface area (TPSA) is 79.2 Å². The Kier molecular flexibility index (Phi) is 6.63. The van der Waals surface area contributed by atoms with Crippen LogP contribution in [0.4, 0.5) is 8.78 Å². The number of nitrogens with one attached hydrogen (secondary N) is 2. The fraction of sp³-hybridized carbons (Fsp3) is 0. The highest BCUT2D eigenvalue weighted by molar-refractivity contribution is 8.76. The van der Waals surface area contributed by atoms with Gasteiger partial charge in [-0.25, -0.2) is 8.78 Å². The molecule has 0 radical (unpaired) electrons. The van der Waals surface area contributed by atoms with Crippen LogP contribution < -0.4 is 0 Å². The number of halogens is 2. The first-order valence-electron chi connectivity index (χ1n) is 8.52. The van der Waals surface area contributed by atoms with Crippen LogP contribution in [-0.2, 0) is 0 Å². The second-order valence-corrected chi connectivity index (χ2v) is 8.09. The van der Waals surface area contributed by atoms with E-state index >= 15 is 0 Å². The molecular formula is C22H14F2N4S2. The number of nitrogens with zero attached hydrogens (tertiary/aromatic N) is 2. The minimum absolute atomic E-state index is 0.192. The molecule has 0 atom stereocenters. The van der Waals surface area contributed by atoms with Gasteiger partial charge < -0.3 is 9.97 Å². The van der Waals surface area contributed by atoms with Gasteiger partial charge in [-0.1, -0.05) is 37.4 Å². The molecule has 0 saturated carbocycles. The highest BCUT2D eigenvalue weighted by atomic mass is 33.1. The van der Waals surface area contributed by atoms with Gasteiger partial charge in [0.25, 0.3) is 0 Å². The molecule has 3 rings (SSSR count). The monoisotopic (exact) mass is 436 g/mol. The van der Waals surface area contributed by atoms with E-state index in [0.29, 0.717) is 38.1 Å². The summed E-state index contributed by atoms with van der Waals surface area (Å²) >= 11 is 0. The molecule has 1 aromatic carbocycles. The molecule has 8 heteroatoms. The molecule has 0 bridgehead atoms. The summed E-state index contributed by atoms with van der Waals surface area (Å²) in [6.45, 7) is 6.85. The van der Waals surface area contributed by atoms with E-state index in [1.807, 2.05) is 0 Å². The molecule has 0 saturated heterocycles. The van der Waals surface area contributed by atoms with Crippen molar-refractivity contribution in [1.29, 1.82) is 10.5 Å². The molecule has 0 amide bonds. The number of hydrogen-bond donors (Lipinski definition) is 2. The van der Waals surface area contributed by atoms with Crippen LogP contribution in [0.2, 0.25) is 0 Å². The Hall–Kier alpha value is -3.46. The molecule has 0 aliphatic carbocycles. The highest BCUT2D eigenvalue weighted by Crippen LogP contribution is 2.42. The average molecular weight is 437 g/mol. The summed E-state index contributed by atoms with van der Waals surface area (Å²) in [5.74, 6) is -1.06. The fourth-order valence-corrected chi connectivity index (χ4v) is 4.81. The van der Waals surface area contributed by atoms with Crippen molar-refractivity contribution in [2.45, 2.75) is 10.1 Å². The van der Waals surface area contributed by atoms with Crippen LogP contribution in [0.3, 0.4) is 0 Å². The second kappa shape index (κ2) is 9.36. The summed E-state index contributed by atoms with van der Waals surface area (Å²) < 4.78 is 27.8. The second-order valence-electron chi connectivity index (χ2n) is 5.94. The van der Waals surface area contributed by atoms with Gasteiger partial charge >= 0.3 is 0 Å². The van der Waals surface area contributed by atoms with Gasteiger partial charge in [-0.05, 0) is 45.9 Å². The van der Waals surface area contributed by atoms with E-state index < -0.39 is 11.6 Å². The van der Waals surface area contributed by atoms with Gasteiger partial charge in [0.1, 0.15) is 33.8 Å². The van der Waals surface area contributed by atoms with Gasteiger partial charge in [0.05, 0.1) is 22.5 Å². The van der Waals surface area contributed by atoms with Crippen molar-refractivity contribution in [2.75, 3.05) is 0 Å². The zero-order valence-electron chi connectivity index (χ0n) is 15.5. The summed E-state index contributed by atoms with van der Waals surface area (Å²) in [6, 6.07) is 13.5. The Labute approximate surface area is 180 Å². The van der Waals surface area contributed by atoms with Crippen molar-refractivity contribution in [3.05, 3.63) is 90.2 Å². The lowest BCUT2D eigenvalue weighted by molar-refractivity contribution is 0.631. The van der Waals surface area contributed by atoms with Crippen molar-refractivity contribution in [3.63, 3.8) is 0 Å². The summed E-state index contributed by atoms with van der Waals surface area (Å²) in [5, 5.41) is 19.8. The van der Waals surface area contributed by atoms with Gasteiger partial charge in [-0.3, -0.25) is 0 Å². The molecule has 148 valence electrons. The number of nitriles is 2. The Morgan fingerprint density at radius 1 is 1.03 bits per heavy atom. The van der Waals surface area contributed by atoms with E-state index in [0.717, 1.165) is 0 Å². The molecular weight excluding hydrogens is 422 g/mol. The van der Waals surface area contributed by atoms with E-state index in [9.17, 15) is 19.3 Å². The predicted octanol–water partition coefficient (Wildman–Crippen LogP) is 6.74. The minimum Gasteiger partial charge on any atom is -0.348 e. The third-order valence-electron chi connectivity index (χ3n) is 4.04. The molecule has 0 aliphatic heterocycles. The lowest BCUT2D eigenvalue weighted by atomic mass is 10.1. The molecule has 30 heavy (non-hydrogen) atoms. The van der Waals surface area contributed by atoms with Crippen LogP contribution in [-0.4, -0.2) is 9.97 Å². The summed E-state index contributed by atoms with van der Waals surface area (Å²) in [4.78, 5) is 6.05. The van der Waals surface area contributed by atoms with Crippen LogP contribution >= 0.6 is 21.6 Å². The number of rotatable bonds is 7. The number of hydrogen-bond acceptors (Lipinski definition) is 4. The summed E-state index contributed by atoms with van der Waals surface area (Å²) in [7, 11) is 2.39. The largest absolute Gasteiger partial charge is 0.348 e. The molecule has 0 spiro atoms. The summed E-state index contributed by atoms with van der Waals surface area (Å²) in [5.41, 5.74) is 2.08. The zero-order valence-corrected chi connectivity index (χ0v) is 17.1. The third-order valence-corrected chi connectivity index (χ3v) is 6.35. The van der Waals surface area contributed by atoms with Crippen LogP contribution in [0.15, 0.2) is 77.6 Å². The molecule has 2 heterocycles. The normalized spacial score (nSPS) is 11.0. The molecule has 4 nitrogen and oxygen atoms in total. The number of aromatic nitrogens is 2. The maximum absolute atomic E-state index is 14.1. The van der Waals surface area contributed by atoms with Crippen molar-refractivity contribution < 1.29 is 8.78 Å². The summed E-state index contributed by atoms with van der Waals surface area (Å²) in [6.07, 6.45) is 2.88. The van der Waals surface area contributed by atoms with Crippen molar-refractivity contribution in [1.82, 2.24) is 9.97 Å². The minimum atomic E-state index is -0.657. The van der Waals surface area contributed by atoms with Crippen LogP contribution in [0.5, 0.6) is 0 Å². The molecule has 0 fully saturated rings. The Morgan fingerprint density at radius 2 is 1.67 bits per heavy atom. The molecule has 2 aromatic heterocycles. The molecule has 3 aromatic rings. The molecule has 0 aliphatic rings. The van der Waals surface area contributed by atoms with Crippen molar-refractivity contribution in [3.8, 4) is 23.4 Å². The maximum Gasteiger partial charge on any atom is 0.132 e. The Morgan fingerprint density at radius 3 is 2.27 bits per heavy atom. The maximum atomic E-state index is 14.1. The van der Waals surface area contributed by atoms with E-state index in [1.165, 1.54) is 45.9 Å². The van der Waals surface area contributed by atoms with E-state index in [4.69, 9.17) is 0 Å². The van der Waals surface area contributed by atoms with Gasteiger partial charge in [-0.2, -0.15) is 10.5 Å². The van der Waals surface area contributed by atoms with Gasteiger partial charge in [-0.15, -0.1) is 0 Å². The number of allylic oxidation sites excluding steroid dienone is 4. The van der Waals surface area contributed by atoms with Gasteiger partial charge in [0, 0.05) is 11.1 Å². The fourth-order valence-electron chi connectivity index (χ4n) is 2.67. The van der Waals surface area contributed by atoms with Gasteiger partial charge in [0.15, 0.2) is 0 Å². The lowest BCUT2D eigenvalue weighted by Crippen LogP contribution is -1.84. The zero-order chi connectivity index (χ0) is 21.7. The van der Waals surface area contributed by atoms with E-state index in [-0.39, 0.29) is 5.57 Å². The highest BCUT2D eigenvalue weighted by Gasteiger charge is 2.17. The smallest absolute Gasteiger partial charge is 0.132 e. The predicted molar refractivity (Wildman–Crippen MR) is 117 cm³/mol. The first kappa shape index (κ1) is 21.3. The Balaban J connectivity index is 1.89. The lowest BCUT2D eigenvalue weighted by Gasteiger charge is -2.02. The average Bonchev–Trinajstić information content (AvgIpc) is 3.34. The van der Waals surface area contributed by atoms with Crippen LogP contribution in [0, 0.1) is 28.5 Å². The van der Waals surface area contributed by atoms with Gasteiger partial charge in [0.2, 0.25) is 0 Å². The standard InChI is InChI=1S/C22H14F2N4S2/c1-3-6-16(13(2)23)19-9-14(11-25)21(27-19)29-30-22-15(12-26)10-20(28-22)17-7-4-5-8-18(17)24/h3-10,27-28H,1-2H2/b16-6+. The number of aromatic amines is 2. The number of benzene rings is 1. The van der Waals surface area contributed by atoms with Crippen LogP contribution in [0.25, 0.3) is 16.8 Å². The SMILES string of the molecule is C=C/C=C(\C(=C)F)c1cc(C#N)c(SSc2[nH]c(-c3ccccc3F)cc2C#N)[nH]1. The third kappa shape index (κ3) is 4.41. The van der Waals surface area contributed by atoms with Crippen LogP contribution in [0.1, 0.15) is 16.8 Å². The van der Waals surface area contributed by atoms with E-state index in [1.54, 1.807) is 24.3 Å². The van der Waals surface area contributed by atoms with E-state index in [2.05, 4.69) is 35.3 Å². The molecule has 0 unspecified atom stereocenters. The quantitative estimate of drug-likeness (QED) is 0.317. The first-order chi connectivity index (χ1) is 14.5. The Bertz CT molecular complexity index is 1240. The van der Waals surface area contributed by atoms with Crippen molar-refractivity contribution >= 4 is 27.2 Å². The first-order valence-corrected chi connectivity index (χ1v) is 10.7.